The molecule has 0 amide bonds. The number of benzene rings is 1. The van der Waals surface area contributed by atoms with Crippen LogP contribution in [0.1, 0.15) is 0 Å². The van der Waals surface area contributed by atoms with E-state index in [0.717, 1.165) is 15.0 Å². The van der Waals surface area contributed by atoms with E-state index in [-0.39, 0.29) is 5.75 Å². The molecule has 1 heterocycles. The molecule has 1 aromatic carbocycles. The Labute approximate surface area is 118 Å². The lowest BCUT2D eigenvalue weighted by atomic mass is 10.2. The summed E-state index contributed by atoms with van der Waals surface area (Å²) >= 11 is 2.16. The van der Waals surface area contributed by atoms with Crippen molar-refractivity contribution in [1.29, 1.82) is 0 Å². The lowest BCUT2D eigenvalue weighted by Crippen LogP contribution is -1.99. The largest absolute Gasteiger partial charge is 0.504 e. The molecule has 0 radical (unpaired) electrons. The number of anilines is 1. The van der Waals surface area contributed by atoms with Crippen LogP contribution >= 0.6 is 22.6 Å². The van der Waals surface area contributed by atoms with Crippen molar-refractivity contribution in [2.24, 2.45) is 0 Å². The van der Waals surface area contributed by atoms with Crippen molar-refractivity contribution in [3.8, 4) is 22.9 Å². The number of halogens is 1. The van der Waals surface area contributed by atoms with Crippen LogP contribution in [-0.2, 0) is 0 Å². The van der Waals surface area contributed by atoms with Crippen molar-refractivity contribution in [1.82, 2.24) is 9.97 Å². The molecule has 2 rings (SSSR count). The maximum absolute atomic E-state index is 9.55. The molecule has 1 aromatic heterocycles. The number of nitrogens with one attached hydrogen (secondary N) is 1. The molecule has 0 aliphatic heterocycles. The van der Waals surface area contributed by atoms with Crippen molar-refractivity contribution >= 4 is 28.4 Å². The predicted molar refractivity (Wildman–Crippen MR) is 77.9 cm³/mol. The van der Waals surface area contributed by atoms with Crippen molar-refractivity contribution in [2.75, 3.05) is 19.5 Å². The van der Waals surface area contributed by atoms with E-state index in [4.69, 9.17) is 4.74 Å². The van der Waals surface area contributed by atoms with Crippen LogP contribution < -0.4 is 10.1 Å². The van der Waals surface area contributed by atoms with Gasteiger partial charge in [0.2, 0.25) is 0 Å². The fourth-order valence-electron chi connectivity index (χ4n) is 1.50. The van der Waals surface area contributed by atoms with Crippen molar-refractivity contribution in [2.45, 2.75) is 0 Å². The highest BCUT2D eigenvalue weighted by Crippen LogP contribution is 2.30. The lowest BCUT2D eigenvalue weighted by Gasteiger charge is -2.08. The van der Waals surface area contributed by atoms with Gasteiger partial charge in [-0.05, 0) is 40.8 Å². The zero-order valence-electron chi connectivity index (χ0n) is 9.94. The SMILES string of the molecule is CNc1nc(-c2ccc(O)c(OC)c2)ncc1I. The van der Waals surface area contributed by atoms with E-state index in [1.54, 1.807) is 24.4 Å². The van der Waals surface area contributed by atoms with Crippen LogP contribution in [0.25, 0.3) is 11.4 Å². The first-order chi connectivity index (χ1) is 8.65. The molecule has 0 bridgehead atoms. The first kappa shape index (κ1) is 12.9. The second kappa shape index (κ2) is 5.38. The summed E-state index contributed by atoms with van der Waals surface area (Å²) in [6.45, 7) is 0. The van der Waals surface area contributed by atoms with Gasteiger partial charge in [-0.15, -0.1) is 0 Å². The molecule has 0 aliphatic rings. The van der Waals surface area contributed by atoms with Crippen LogP contribution in [0.15, 0.2) is 24.4 Å². The van der Waals surface area contributed by atoms with Crippen LogP contribution in [-0.4, -0.2) is 29.2 Å². The maximum atomic E-state index is 9.55. The monoisotopic (exact) mass is 357 g/mol. The number of rotatable bonds is 3. The molecule has 0 unspecified atom stereocenters. The predicted octanol–water partition coefficient (Wildman–Crippen LogP) is 2.50. The average Bonchev–Trinajstić information content (AvgIpc) is 2.40. The van der Waals surface area contributed by atoms with Gasteiger partial charge in [0.15, 0.2) is 17.3 Å². The fourth-order valence-corrected chi connectivity index (χ4v) is 2.03. The van der Waals surface area contributed by atoms with E-state index in [1.165, 1.54) is 7.11 Å². The van der Waals surface area contributed by atoms with Crippen LogP contribution in [0.4, 0.5) is 5.82 Å². The van der Waals surface area contributed by atoms with Crippen LogP contribution in [0, 0.1) is 3.57 Å². The summed E-state index contributed by atoms with van der Waals surface area (Å²) in [6.07, 6.45) is 1.74. The number of aromatic nitrogens is 2. The number of methoxy groups -OCH3 is 1. The van der Waals surface area contributed by atoms with Gasteiger partial charge in [0.05, 0.1) is 10.7 Å². The van der Waals surface area contributed by atoms with Gasteiger partial charge in [0, 0.05) is 18.8 Å². The summed E-state index contributed by atoms with van der Waals surface area (Å²) in [7, 11) is 3.32. The summed E-state index contributed by atoms with van der Waals surface area (Å²) in [5.41, 5.74) is 0.789. The van der Waals surface area contributed by atoms with E-state index in [0.29, 0.717) is 11.6 Å². The number of ether oxygens (including phenoxy) is 1. The van der Waals surface area contributed by atoms with E-state index in [9.17, 15) is 5.11 Å². The molecular weight excluding hydrogens is 345 g/mol. The molecule has 18 heavy (non-hydrogen) atoms. The Balaban J connectivity index is 2.48. The second-order valence-electron chi connectivity index (χ2n) is 3.53. The summed E-state index contributed by atoms with van der Waals surface area (Å²) in [4.78, 5) is 8.67. The third kappa shape index (κ3) is 2.47. The Bertz CT molecular complexity index is 524. The van der Waals surface area contributed by atoms with Crippen LogP contribution in [0.2, 0.25) is 0 Å². The standard InChI is InChI=1S/C12H12IN3O2/c1-14-12-8(13)6-15-11(16-12)7-3-4-9(17)10(5-7)18-2/h3-6,17H,1-2H3,(H,14,15,16). The van der Waals surface area contributed by atoms with Gasteiger partial charge in [-0.3, -0.25) is 0 Å². The molecule has 0 atom stereocenters. The minimum Gasteiger partial charge on any atom is -0.504 e. The normalized spacial score (nSPS) is 10.2. The average molecular weight is 357 g/mol. The summed E-state index contributed by atoms with van der Waals surface area (Å²) < 4.78 is 6.01. The Kier molecular flexibility index (Phi) is 3.85. The molecule has 0 spiro atoms. The molecule has 0 saturated heterocycles. The highest BCUT2D eigenvalue weighted by molar-refractivity contribution is 14.1. The third-order valence-electron chi connectivity index (χ3n) is 2.42. The second-order valence-corrected chi connectivity index (χ2v) is 4.69. The van der Waals surface area contributed by atoms with E-state index in [2.05, 4.69) is 37.9 Å². The minimum absolute atomic E-state index is 0.0978. The first-order valence-corrected chi connectivity index (χ1v) is 6.31. The van der Waals surface area contributed by atoms with Gasteiger partial charge in [-0.25, -0.2) is 9.97 Å². The summed E-state index contributed by atoms with van der Waals surface area (Å²) in [5.74, 6) is 1.85. The number of phenolic OH excluding ortho intramolecular Hbond substituents is 1. The van der Waals surface area contributed by atoms with Crippen LogP contribution in [0.3, 0.4) is 0 Å². The Morgan fingerprint density at radius 1 is 1.39 bits per heavy atom. The van der Waals surface area contributed by atoms with E-state index < -0.39 is 0 Å². The Morgan fingerprint density at radius 3 is 2.83 bits per heavy atom. The number of hydrogen-bond acceptors (Lipinski definition) is 5. The Hall–Kier alpha value is -1.57. The number of hydrogen-bond donors (Lipinski definition) is 2. The van der Waals surface area contributed by atoms with Crippen molar-refractivity contribution in [3.05, 3.63) is 28.0 Å². The van der Waals surface area contributed by atoms with E-state index in [1.807, 2.05) is 7.05 Å². The molecule has 2 aromatic rings. The molecule has 2 N–H and O–H groups in total. The molecule has 0 fully saturated rings. The minimum atomic E-state index is 0.0978. The van der Waals surface area contributed by atoms with Crippen LogP contribution in [0.5, 0.6) is 11.5 Å². The summed E-state index contributed by atoms with van der Waals surface area (Å²) in [6, 6.07) is 5.02. The zero-order valence-corrected chi connectivity index (χ0v) is 12.1. The highest BCUT2D eigenvalue weighted by Gasteiger charge is 2.09. The van der Waals surface area contributed by atoms with Crippen molar-refractivity contribution < 1.29 is 9.84 Å². The summed E-state index contributed by atoms with van der Waals surface area (Å²) in [5, 5.41) is 12.6. The van der Waals surface area contributed by atoms with Gasteiger partial charge >= 0.3 is 0 Å². The number of phenols is 1. The van der Waals surface area contributed by atoms with Gasteiger partial charge in [-0.1, -0.05) is 0 Å². The van der Waals surface area contributed by atoms with Gasteiger partial charge < -0.3 is 15.2 Å². The fraction of sp³-hybridized carbons (Fsp3) is 0.167. The topological polar surface area (TPSA) is 67.3 Å². The number of aromatic hydroxyl groups is 1. The highest BCUT2D eigenvalue weighted by atomic mass is 127. The number of nitrogens with zero attached hydrogens (tertiary/aromatic N) is 2. The van der Waals surface area contributed by atoms with Gasteiger partial charge in [0.25, 0.3) is 0 Å². The maximum Gasteiger partial charge on any atom is 0.161 e. The first-order valence-electron chi connectivity index (χ1n) is 5.23. The van der Waals surface area contributed by atoms with Crippen molar-refractivity contribution in [3.63, 3.8) is 0 Å². The smallest absolute Gasteiger partial charge is 0.161 e. The lowest BCUT2D eigenvalue weighted by molar-refractivity contribution is 0.373. The quantitative estimate of drug-likeness (QED) is 0.827. The Morgan fingerprint density at radius 2 is 2.17 bits per heavy atom. The molecule has 6 heteroatoms. The van der Waals surface area contributed by atoms with E-state index >= 15 is 0 Å². The molecule has 5 nitrogen and oxygen atoms in total. The zero-order chi connectivity index (χ0) is 13.1. The van der Waals surface area contributed by atoms with Gasteiger partial charge in [0.1, 0.15) is 5.82 Å². The molecular formula is C12H12IN3O2. The molecule has 0 saturated carbocycles. The van der Waals surface area contributed by atoms with Gasteiger partial charge in [-0.2, -0.15) is 0 Å². The molecule has 0 aliphatic carbocycles. The third-order valence-corrected chi connectivity index (χ3v) is 3.21. The molecule has 94 valence electrons.